The topological polar surface area (TPSA) is 107 Å². The van der Waals surface area contributed by atoms with Crippen LogP contribution in [0.1, 0.15) is 13.3 Å². The molecule has 6 nitrogen and oxygen atoms in total. The lowest BCUT2D eigenvalue weighted by Gasteiger charge is -2.19. The Morgan fingerprint density at radius 3 is 2.46 bits per heavy atom. The zero-order valence-corrected chi connectivity index (χ0v) is 8.34. The Morgan fingerprint density at radius 2 is 2.15 bits per heavy atom. The third kappa shape index (κ3) is 6.35. The van der Waals surface area contributed by atoms with Crippen LogP contribution < -0.4 is 5.73 Å². The highest BCUT2D eigenvalue weighted by molar-refractivity contribution is 7.85. The fourth-order valence-corrected chi connectivity index (χ4v) is 1.38. The third-order valence-corrected chi connectivity index (χ3v) is 2.36. The van der Waals surface area contributed by atoms with Crippen molar-refractivity contribution in [1.82, 2.24) is 4.90 Å². The highest BCUT2D eigenvalue weighted by atomic mass is 32.2. The van der Waals surface area contributed by atoms with Gasteiger partial charge in [0.05, 0.1) is 5.75 Å². The number of nitrogens with zero attached hydrogens (tertiary/aromatic N) is 1. The van der Waals surface area contributed by atoms with Crippen molar-refractivity contribution < 1.29 is 13.0 Å². The summed E-state index contributed by atoms with van der Waals surface area (Å²) >= 11 is 0. The standard InChI is InChI=1S/C6H15N3O3S/c1-2-9(6(7)8)4-3-5-13(10,11)12/h2-5H2,1H3,(H3,7,8)(H,10,11,12). The first kappa shape index (κ1) is 12.2. The molecule has 0 unspecified atom stereocenters. The third-order valence-electron chi connectivity index (χ3n) is 1.55. The smallest absolute Gasteiger partial charge is 0.264 e. The summed E-state index contributed by atoms with van der Waals surface area (Å²) in [6, 6.07) is 0. The largest absolute Gasteiger partial charge is 0.370 e. The summed E-state index contributed by atoms with van der Waals surface area (Å²) < 4.78 is 29.1. The normalized spacial score (nSPS) is 11.2. The average molecular weight is 209 g/mol. The molecule has 0 aromatic rings. The van der Waals surface area contributed by atoms with E-state index in [1.807, 2.05) is 6.92 Å². The molecule has 13 heavy (non-hydrogen) atoms. The molecule has 0 atom stereocenters. The summed E-state index contributed by atoms with van der Waals surface area (Å²) in [5.41, 5.74) is 5.19. The molecule has 4 N–H and O–H groups in total. The first-order valence-electron chi connectivity index (χ1n) is 3.91. The van der Waals surface area contributed by atoms with Crippen molar-refractivity contribution in [2.45, 2.75) is 13.3 Å². The van der Waals surface area contributed by atoms with Gasteiger partial charge in [-0.25, -0.2) is 0 Å². The average Bonchev–Trinajstić information content (AvgIpc) is 1.95. The molecule has 0 heterocycles. The van der Waals surface area contributed by atoms with Crippen LogP contribution in [0.15, 0.2) is 0 Å². The van der Waals surface area contributed by atoms with Crippen molar-refractivity contribution in [3.63, 3.8) is 0 Å². The summed E-state index contributed by atoms with van der Waals surface area (Å²) in [4.78, 5) is 1.52. The quantitative estimate of drug-likeness (QED) is 0.321. The molecule has 78 valence electrons. The maximum absolute atomic E-state index is 10.3. The second-order valence-electron chi connectivity index (χ2n) is 2.60. The summed E-state index contributed by atoms with van der Waals surface area (Å²) in [6.45, 7) is 2.74. The van der Waals surface area contributed by atoms with E-state index in [-0.39, 0.29) is 18.1 Å². The van der Waals surface area contributed by atoms with Gasteiger partial charge in [0.2, 0.25) is 0 Å². The fraction of sp³-hybridized carbons (Fsp3) is 0.833. The number of rotatable bonds is 5. The van der Waals surface area contributed by atoms with E-state index in [4.69, 9.17) is 15.7 Å². The van der Waals surface area contributed by atoms with Crippen LogP contribution in [0.4, 0.5) is 0 Å². The number of nitrogens with one attached hydrogen (secondary N) is 1. The number of guanidine groups is 1. The van der Waals surface area contributed by atoms with Crippen LogP contribution in [0.3, 0.4) is 0 Å². The van der Waals surface area contributed by atoms with E-state index >= 15 is 0 Å². The van der Waals surface area contributed by atoms with Crippen molar-refractivity contribution in [2.24, 2.45) is 5.73 Å². The summed E-state index contributed by atoms with van der Waals surface area (Å²) in [7, 11) is -3.89. The van der Waals surface area contributed by atoms with Gasteiger partial charge in [0.15, 0.2) is 5.96 Å². The molecule has 0 aliphatic rings. The molecule has 0 spiro atoms. The molecule has 0 saturated heterocycles. The van der Waals surface area contributed by atoms with E-state index in [1.165, 1.54) is 4.90 Å². The zero-order valence-electron chi connectivity index (χ0n) is 7.52. The molecule has 0 fully saturated rings. The van der Waals surface area contributed by atoms with E-state index in [0.29, 0.717) is 13.1 Å². The SMILES string of the molecule is CCN(CCCS(=O)(=O)O)C(=N)N. The molecule has 7 heteroatoms. The summed E-state index contributed by atoms with van der Waals surface area (Å²) in [5.74, 6) is -0.380. The zero-order chi connectivity index (χ0) is 10.5. The summed E-state index contributed by atoms with van der Waals surface area (Å²) in [6.07, 6.45) is 0.270. The predicted molar refractivity (Wildman–Crippen MR) is 50.2 cm³/mol. The molecule has 0 aliphatic heterocycles. The minimum atomic E-state index is -3.89. The van der Waals surface area contributed by atoms with Crippen LogP contribution in [-0.4, -0.2) is 42.7 Å². The molecule has 0 aromatic heterocycles. The molecule has 0 rings (SSSR count). The highest BCUT2D eigenvalue weighted by Gasteiger charge is 2.07. The van der Waals surface area contributed by atoms with E-state index < -0.39 is 10.1 Å². The Kier molecular flexibility index (Phi) is 4.71. The van der Waals surface area contributed by atoms with Crippen LogP contribution in [0.2, 0.25) is 0 Å². The molecule has 0 amide bonds. The van der Waals surface area contributed by atoms with Gasteiger partial charge in [0, 0.05) is 13.1 Å². The Morgan fingerprint density at radius 1 is 1.62 bits per heavy atom. The lowest BCUT2D eigenvalue weighted by molar-refractivity contribution is 0.424. The molecule has 0 aromatic carbocycles. The van der Waals surface area contributed by atoms with Gasteiger partial charge in [0.1, 0.15) is 0 Å². The molecule has 0 aliphatic carbocycles. The monoisotopic (exact) mass is 209 g/mol. The van der Waals surface area contributed by atoms with Crippen molar-refractivity contribution >= 4 is 16.1 Å². The summed E-state index contributed by atoms with van der Waals surface area (Å²) in [5, 5.41) is 7.08. The van der Waals surface area contributed by atoms with Crippen LogP contribution in [0.5, 0.6) is 0 Å². The van der Waals surface area contributed by atoms with Gasteiger partial charge >= 0.3 is 0 Å². The lowest BCUT2D eigenvalue weighted by Crippen LogP contribution is -2.37. The van der Waals surface area contributed by atoms with Crippen LogP contribution in [-0.2, 0) is 10.1 Å². The van der Waals surface area contributed by atoms with Gasteiger partial charge in [-0.1, -0.05) is 0 Å². The first-order valence-corrected chi connectivity index (χ1v) is 5.52. The molecular formula is C6H15N3O3S. The van der Waals surface area contributed by atoms with Crippen LogP contribution in [0, 0.1) is 5.41 Å². The Labute approximate surface area is 78.0 Å². The number of nitrogens with two attached hydrogens (primary N) is 1. The van der Waals surface area contributed by atoms with Crippen molar-refractivity contribution in [2.75, 3.05) is 18.8 Å². The Bertz CT molecular complexity index is 262. The second kappa shape index (κ2) is 5.03. The van der Waals surface area contributed by atoms with Gasteiger partial charge < -0.3 is 10.6 Å². The van der Waals surface area contributed by atoms with Gasteiger partial charge in [-0.15, -0.1) is 0 Å². The minimum absolute atomic E-state index is 0.0853. The van der Waals surface area contributed by atoms with E-state index in [1.54, 1.807) is 0 Å². The van der Waals surface area contributed by atoms with Crippen molar-refractivity contribution in [3.8, 4) is 0 Å². The maximum Gasteiger partial charge on any atom is 0.264 e. The highest BCUT2D eigenvalue weighted by Crippen LogP contribution is 1.93. The van der Waals surface area contributed by atoms with E-state index in [0.717, 1.165) is 0 Å². The maximum atomic E-state index is 10.3. The number of hydrogen-bond donors (Lipinski definition) is 3. The van der Waals surface area contributed by atoms with Crippen molar-refractivity contribution in [3.05, 3.63) is 0 Å². The Hall–Kier alpha value is -0.820. The minimum Gasteiger partial charge on any atom is -0.370 e. The Balaban J connectivity index is 3.81. The molecule has 0 saturated carbocycles. The van der Waals surface area contributed by atoms with Gasteiger partial charge in [-0.05, 0) is 13.3 Å². The van der Waals surface area contributed by atoms with E-state index in [9.17, 15) is 8.42 Å². The van der Waals surface area contributed by atoms with Crippen molar-refractivity contribution in [1.29, 1.82) is 5.41 Å². The molecular weight excluding hydrogens is 194 g/mol. The first-order chi connectivity index (χ1) is 5.87. The molecule has 0 radical (unpaired) electrons. The predicted octanol–water partition coefficient (Wildman–Crippen LogP) is -0.520. The second-order valence-corrected chi connectivity index (χ2v) is 4.18. The molecule has 0 bridgehead atoms. The van der Waals surface area contributed by atoms with Gasteiger partial charge in [0.25, 0.3) is 10.1 Å². The van der Waals surface area contributed by atoms with Crippen LogP contribution >= 0.6 is 0 Å². The fourth-order valence-electron chi connectivity index (χ4n) is 0.887. The van der Waals surface area contributed by atoms with E-state index in [2.05, 4.69) is 0 Å². The number of hydrogen-bond acceptors (Lipinski definition) is 3. The lowest BCUT2D eigenvalue weighted by atomic mass is 10.4. The van der Waals surface area contributed by atoms with Gasteiger partial charge in [-0.2, -0.15) is 8.42 Å². The van der Waals surface area contributed by atoms with Gasteiger partial charge in [-0.3, -0.25) is 9.96 Å². The van der Waals surface area contributed by atoms with Crippen LogP contribution in [0.25, 0.3) is 0 Å².